The molecule has 3 aromatic rings. The van der Waals surface area contributed by atoms with E-state index >= 15 is 0 Å². The van der Waals surface area contributed by atoms with Crippen molar-refractivity contribution < 1.29 is 4.79 Å². The molecular weight excluding hydrogens is 341 g/mol. The third kappa shape index (κ3) is 3.27. The van der Waals surface area contributed by atoms with E-state index < -0.39 is 0 Å². The molecular formula is C15H9Cl2N3OS. The van der Waals surface area contributed by atoms with Crippen molar-refractivity contribution in [1.82, 2.24) is 9.97 Å². The average molecular weight is 350 g/mol. The summed E-state index contributed by atoms with van der Waals surface area (Å²) in [5.74, 6) is -0.322. The second kappa shape index (κ2) is 6.44. The van der Waals surface area contributed by atoms with Crippen molar-refractivity contribution in [2.24, 2.45) is 0 Å². The van der Waals surface area contributed by atoms with Gasteiger partial charge in [0.1, 0.15) is 0 Å². The van der Waals surface area contributed by atoms with E-state index in [2.05, 4.69) is 15.3 Å². The maximum absolute atomic E-state index is 12.2. The first-order valence-corrected chi connectivity index (χ1v) is 7.89. The standard InChI is InChI=1S/C15H9Cl2N3OS/c16-10-1-2-11(12(17)7-10)14(21)20-15-19-13(8-22-15)9-3-5-18-6-4-9/h1-8H,(H,19,20,21). The Balaban J connectivity index is 1.79. The highest BCUT2D eigenvalue weighted by atomic mass is 35.5. The van der Waals surface area contributed by atoms with Gasteiger partial charge < -0.3 is 0 Å². The van der Waals surface area contributed by atoms with Crippen molar-refractivity contribution in [2.45, 2.75) is 0 Å². The highest BCUT2D eigenvalue weighted by Crippen LogP contribution is 2.26. The molecule has 1 N–H and O–H groups in total. The van der Waals surface area contributed by atoms with Crippen LogP contribution in [0.15, 0.2) is 48.1 Å². The Bertz CT molecular complexity index is 821. The van der Waals surface area contributed by atoms with Crippen molar-refractivity contribution >= 4 is 45.6 Å². The van der Waals surface area contributed by atoms with Crippen molar-refractivity contribution in [3.05, 3.63) is 63.7 Å². The van der Waals surface area contributed by atoms with E-state index in [9.17, 15) is 4.79 Å². The van der Waals surface area contributed by atoms with Crippen LogP contribution in [0.4, 0.5) is 5.13 Å². The van der Waals surface area contributed by atoms with Crippen LogP contribution >= 0.6 is 34.5 Å². The third-order valence-corrected chi connectivity index (χ3v) is 4.18. The summed E-state index contributed by atoms with van der Waals surface area (Å²) in [6.07, 6.45) is 3.39. The summed E-state index contributed by atoms with van der Waals surface area (Å²) in [5, 5.41) is 5.89. The zero-order chi connectivity index (χ0) is 15.5. The monoisotopic (exact) mass is 349 g/mol. The molecule has 7 heteroatoms. The first-order chi connectivity index (χ1) is 10.6. The Labute approximate surface area is 140 Å². The fraction of sp³-hybridized carbons (Fsp3) is 0. The van der Waals surface area contributed by atoms with Crippen LogP contribution in [-0.4, -0.2) is 15.9 Å². The minimum Gasteiger partial charge on any atom is -0.298 e. The summed E-state index contributed by atoms with van der Waals surface area (Å²) >= 11 is 13.2. The summed E-state index contributed by atoms with van der Waals surface area (Å²) in [5.41, 5.74) is 2.08. The van der Waals surface area contributed by atoms with Crippen LogP contribution in [0.2, 0.25) is 10.0 Å². The fourth-order valence-corrected chi connectivity index (χ4v) is 3.03. The number of hydrogen-bond acceptors (Lipinski definition) is 4. The van der Waals surface area contributed by atoms with Crippen molar-refractivity contribution in [3.63, 3.8) is 0 Å². The van der Waals surface area contributed by atoms with Gasteiger partial charge in [-0.3, -0.25) is 15.1 Å². The summed E-state index contributed by atoms with van der Waals surface area (Å²) in [6.45, 7) is 0. The van der Waals surface area contributed by atoms with Crippen molar-refractivity contribution in [1.29, 1.82) is 0 Å². The minimum absolute atomic E-state index is 0.302. The number of carbonyl (C=O) groups is 1. The number of aromatic nitrogens is 2. The van der Waals surface area contributed by atoms with Gasteiger partial charge in [-0.1, -0.05) is 23.2 Å². The summed E-state index contributed by atoms with van der Waals surface area (Å²) < 4.78 is 0. The second-order valence-electron chi connectivity index (χ2n) is 4.35. The molecule has 2 heterocycles. The fourth-order valence-electron chi connectivity index (χ4n) is 1.82. The molecule has 1 amide bonds. The number of nitrogens with one attached hydrogen (secondary N) is 1. The van der Waals surface area contributed by atoms with Gasteiger partial charge >= 0.3 is 0 Å². The largest absolute Gasteiger partial charge is 0.298 e. The SMILES string of the molecule is O=C(Nc1nc(-c2ccncc2)cs1)c1ccc(Cl)cc1Cl. The van der Waals surface area contributed by atoms with Gasteiger partial charge in [0.15, 0.2) is 5.13 Å². The number of pyridine rings is 1. The quantitative estimate of drug-likeness (QED) is 0.741. The Morgan fingerprint density at radius 2 is 1.91 bits per heavy atom. The number of thiazole rings is 1. The second-order valence-corrected chi connectivity index (χ2v) is 6.05. The Morgan fingerprint density at radius 3 is 2.64 bits per heavy atom. The van der Waals surface area contributed by atoms with E-state index in [1.54, 1.807) is 24.5 Å². The zero-order valence-electron chi connectivity index (χ0n) is 11.1. The Hall–Kier alpha value is -1.95. The van der Waals surface area contributed by atoms with Crippen molar-refractivity contribution in [2.75, 3.05) is 5.32 Å². The van der Waals surface area contributed by atoms with Crippen LogP contribution in [0.25, 0.3) is 11.3 Å². The summed E-state index contributed by atoms with van der Waals surface area (Å²) in [6, 6.07) is 8.44. The molecule has 0 bridgehead atoms. The topological polar surface area (TPSA) is 54.9 Å². The number of nitrogens with zero attached hydrogens (tertiary/aromatic N) is 2. The number of rotatable bonds is 3. The van der Waals surface area contributed by atoms with Crippen LogP contribution in [0, 0.1) is 0 Å². The molecule has 1 aromatic carbocycles. The number of carbonyl (C=O) groups excluding carboxylic acids is 1. The smallest absolute Gasteiger partial charge is 0.258 e. The minimum atomic E-state index is -0.322. The van der Waals surface area contributed by atoms with Gasteiger partial charge in [0.05, 0.1) is 16.3 Å². The lowest BCUT2D eigenvalue weighted by Gasteiger charge is -2.04. The van der Waals surface area contributed by atoms with Crippen LogP contribution in [0.1, 0.15) is 10.4 Å². The number of amides is 1. The third-order valence-electron chi connectivity index (χ3n) is 2.88. The molecule has 0 aliphatic carbocycles. The van der Waals surface area contributed by atoms with E-state index in [-0.39, 0.29) is 5.91 Å². The molecule has 22 heavy (non-hydrogen) atoms. The first-order valence-electron chi connectivity index (χ1n) is 6.26. The number of halogens is 2. The molecule has 0 aliphatic rings. The lowest BCUT2D eigenvalue weighted by molar-refractivity contribution is 0.102. The summed E-state index contributed by atoms with van der Waals surface area (Å²) in [7, 11) is 0. The highest BCUT2D eigenvalue weighted by molar-refractivity contribution is 7.14. The molecule has 4 nitrogen and oxygen atoms in total. The maximum Gasteiger partial charge on any atom is 0.258 e. The number of benzene rings is 1. The molecule has 0 unspecified atom stereocenters. The molecule has 110 valence electrons. The van der Waals surface area contributed by atoms with E-state index in [0.717, 1.165) is 11.3 Å². The van der Waals surface area contributed by atoms with Crippen LogP contribution in [-0.2, 0) is 0 Å². The van der Waals surface area contributed by atoms with Gasteiger partial charge in [-0.15, -0.1) is 11.3 Å². The van der Waals surface area contributed by atoms with Crippen LogP contribution in [0.5, 0.6) is 0 Å². The summed E-state index contributed by atoms with van der Waals surface area (Å²) in [4.78, 5) is 20.6. The highest BCUT2D eigenvalue weighted by Gasteiger charge is 2.13. The Kier molecular flexibility index (Phi) is 4.38. The van der Waals surface area contributed by atoms with Gasteiger partial charge in [0.2, 0.25) is 0 Å². The van der Waals surface area contributed by atoms with E-state index in [1.165, 1.54) is 17.4 Å². The van der Waals surface area contributed by atoms with E-state index in [0.29, 0.717) is 20.7 Å². The van der Waals surface area contributed by atoms with Gasteiger partial charge in [-0.05, 0) is 30.3 Å². The molecule has 0 radical (unpaired) electrons. The molecule has 0 aliphatic heterocycles. The van der Waals surface area contributed by atoms with Crippen LogP contribution < -0.4 is 5.32 Å². The lowest BCUT2D eigenvalue weighted by Crippen LogP contribution is -2.12. The predicted octanol–water partition coefficient (Wildman–Crippen LogP) is 4.76. The van der Waals surface area contributed by atoms with E-state index in [1.807, 2.05) is 17.5 Å². The molecule has 2 aromatic heterocycles. The first kappa shape index (κ1) is 15.0. The van der Waals surface area contributed by atoms with Crippen LogP contribution in [0.3, 0.4) is 0 Å². The van der Waals surface area contributed by atoms with E-state index in [4.69, 9.17) is 23.2 Å². The number of hydrogen-bond donors (Lipinski definition) is 1. The van der Waals surface area contributed by atoms with Crippen molar-refractivity contribution in [3.8, 4) is 11.3 Å². The molecule has 0 atom stereocenters. The average Bonchev–Trinajstić information content (AvgIpc) is 2.96. The molecule has 3 rings (SSSR count). The van der Waals surface area contributed by atoms with Gasteiger partial charge in [-0.25, -0.2) is 4.98 Å². The zero-order valence-corrected chi connectivity index (χ0v) is 13.4. The molecule has 0 saturated carbocycles. The molecule has 0 spiro atoms. The molecule has 0 fully saturated rings. The Morgan fingerprint density at radius 1 is 1.14 bits per heavy atom. The molecule has 0 saturated heterocycles. The van der Waals surface area contributed by atoms with Gasteiger partial charge in [0, 0.05) is 28.4 Å². The van der Waals surface area contributed by atoms with Gasteiger partial charge in [0.25, 0.3) is 5.91 Å². The number of anilines is 1. The maximum atomic E-state index is 12.2. The van der Waals surface area contributed by atoms with Gasteiger partial charge in [-0.2, -0.15) is 0 Å². The normalized spacial score (nSPS) is 10.5. The predicted molar refractivity (Wildman–Crippen MR) is 89.8 cm³/mol. The lowest BCUT2D eigenvalue weighted by atomic mass is 10.2.